The Morgan fingerprint density at radius 3 is 2.80 bits per heavy atom. The molecule has 0 fully saturated rings. The van der Waals surface area contributed by atoms with Gasteiger partial charge < -0.3 is 0 Å². The summed E-state index contributed by atoms with van der Waals surface area (Å²) < 4.78 is 28.4. The Hall–Kier alpha value is -1.18. The van der Waals surface area contributed by atoms with E-state index in [1.807, 2.05) is 18.2 Å². The molecule has 2 unspecified atom stereocenters. The van der Waals surface area contributed by atoms with E-state index in [0.29, 0.717) is 17.4 Å². The quantitative estimate of drug-likeness (QED) is 0.821. The molecule has 0 bridgehead atoms. The van der Waals surface area contributed by atoms with Gasteiger partial charge in [0, 0.05) is 12.1 Å². The van der Waals surface area contributed by atoms with E-state index in [9.17, 15) is 8.42 Å². The second-order valence-corrected chi connectivity index (χ2v) is 6.97. The molecule has 0 aliphatic heterocycles. The highest BCUT2D eigenvalue weighted by Crippen LogP contribution is 2.14. The molecule has 8 heteroatoms. The van der Waals surface area contributed by atoms with Crippen LogP contribution in [0.1, 0.15) is 25.7 Å². The summed E-state index contributed by atoms with van der Waals surface area (Å²) in [5.74, 6) is 0.764. The maximum absolute atomic E-state index is 12.0. The molecular weight excluding hydrogens is 300 g/mol. The zero-order valence-electron chi connectivity index (χ0n) is 11.3. The van der Waals surface area contributed by atoms with Gasteiger partial charge in [0.05, 0.1) is 11.8 Å². The third kappa shape index (κ3) is 3.47. The van der Waals surface area contributed by atoms with Gasteiger partial charge in [-0.1, -0.05) is 13.0 Å². The molecule has 2 aromatic rings. The van der Waals surface area contributed by atoms with E-state index >= 15 is 0 Å². The first-order chi connectivity index (χ1) is 9.43. The molecule has 0 radical (unpaired) electrons. The van der Waals surface area contributed by atoms with Gasteiger partial charge in [0.15, 0.2) is 11.5 Å². The lowest BCUT2D eigenvalue weighted by atomic mass is 10.3. The second-order valence-electron chi connectivity index (χ2n) is 4.87. The number of alkyl halides is 1. The van der Waals surface area contributed by atoms with E-state index in [1.165, 1.54) is 0 Å². The minimum absolute atomic E-state index is 0.00240. The zero-order valence-corrected chi connectivity index (χ0v) is 12.9. The minimum Gasteiger partial charge on any atom is -0.285 e. The summed E-state index contributed by atoms with van der Waals surface area (Å²) in [6.45, 7) is 3.54. The third-order valence-corrected chi connectivity index (χ3v) is 5.10. The molecule has 2 aromatic heterocycles. The predicted molar refractivity (Wildman–Crippen MR) is 78.2 cm³/mol. The van der Waals surface area contributed by atoms with Gasteiger partial charge in [-0.25, -0.2) is 13.1 Å². The third-order valence-electron chi connectivity index (χ3n) is 2.85. The molecule has 6 nitrogen and oxygen atoms in total. The number of hydrogen-bond acceptors (Lipinski definition) is 4. The second kappa shape index (κ2) is 6.07. The Kier molecular flexibility index (Phi) is 4.62. The average molecular weight is 317 g/mol. The molecule has 2 rings (SSSR count). The number of nitrogens with zero attached hydrogens (tertiary/aromatic N) is 3. The van der Waals surface area contributed by atoms with Gasteiger partial charge in [0.25, 0.3) is 0 Å². The summed E-state index contributed by atoms with van der Waals surface area (Å²) in [4.78, 5) is 0. The molecule has 2 atom stereocenters. The molecule has 0 aliphatic carbocycles. The molecule has 0 aliphatic rings. The van der Waals surface area contributed by atoms with Crippen LogP contribution in [0.2, 0.25) is 0 Å². The molecule has 110 valence electrons. The van der Waals surface area contributed by atoms with Crippen LogP contribution in [0.5, 0.6) is 0 Å². The first-order valence-electron chi connectivity index (χ1n) is 6.28. The molecule has 0 amide bonds. The number of nitrogens with one attached hydrogen (secondary N) is 1. The molecule has 0 saturated carbocycles. The van der Waals surface area contributed by atoms with Gasteiger partial charge in [0.1, 0.15) is 0 Å². The number of fused-ring (bicyclic) bond motifs is 1. The molecule has 1 N–H and O–H groups in total. The van der Waals surface area contributed by atoms with E-state index in [-0.39, 0.29) is 11.7 Å². The maximum atomic E-state index is 12.0. The standard InChI is InChI=1S/C12H17ClN4O2S/c1-9(7-13)8-20(18,19)16-10(2)12-15-14-11-5-3-4-6-17(11)12/h3-6,9-10,16H,7-8H2,1-2H3. The Morgan fingerprint density at radius 2 is 2.10 bits per heavy atom. The Labute approximate surface area is 123 Å². The Bertz CT molecular complexity index is 686. The van der Waals surface area contributed by atoms with Crippen molar-refractivity contribution in [2.45, 2.75) is 19.9 Å². The van der Waals surface area contributed by atoms with Crippen molar-refractivity contribution < 1.29 is 8.42 Å². The van der Waals surface area contributed by atoms with Gasteiger partial charge in [-0.05, 0) is 25.0 Å². The molecule has 0 saturated heterocycles. The highest BCUT2D eigenvalue weighted by molar-refractivity contribution is 7.89. The Morgan fingerprint density at radius 1 is 1.35 bits per heavy atom. The molecule has 2 heterocycles. The minimum atomic E-state index is -3.40. The van der Waals surface area contributed by atoms with Crippen LogP contribution in [-0.2, 0) is 10.0 Å². The van der Waals surface area contributed by atoms with E-state index in [2.05, 4.69) is 14.9 Å². The van der Waals surface area contributed by atoms with Gasteiger partial charge in [-0.2, -0.15) is 0 Å². The fourth-order valence-corrected chi connectivity index (χ4v) is 3.79. The molecular formula is C12H17ClN4O2S. The van der Waals surface area contributed by atoms with Gasteiger partial charge in [-0.15, -0.1) is 21.8 Å². The SMILES string of the molecule is CC(CCl)CS(=O)(=O)NC(C)c1nnc2ccccn12. The Balaban J connectivity index is 2.18. The lowest BCUT2D eigenvalue weighted by Crippen LogP contribution is -2.32. The van der Waals surface area contributed by atoms with Crippen LogP contribution in [0.3, 0.4) is 0 Å². The average Bonchev–Trinajstić information content (AvgIpc) is 2.81. The summed E-state index contributed by atoms with van der Waals surface area (Å²) in [5, 5.41) is 8.04. The topological polar surface area (TPSA) is 76.4 Å². The van der Waals surface area contributed by atoms with Crippen LogP contribution < -0.4 is 4.72 Å². The van der Waals surface area contributed by atoms with Crippen LogP contribution in [0.15, 0.2) is 24.4 Å². The van der Waals surface area contributed by atoms with Crippen molar-refractivity contribution in [3.8, 4) is 0 Å². The summed E-state index contributed by atoms with van der Waals surface area (Å²) in [6.07, 6.45) is 1.80. The summed E-state index contributed by atoms with van der Waals surface area (Å²) in [6, 6.07) is 5.05. The van der Waals surface area contributed by atoms with Crippen LogP contribution >= 0.6 is 11.6 Å². The fraction of sp³-hybridized carbons (Fsp3) is 0.500. The van der Waals surface area contributed by atoms with Crippen molar-refractivity contribution in [1.29, 1.82) is 0 Å². The van der Waals surface area contributed by atoms with Crippen LogP contribution in [0.25, 0.3) is 5.65 Å². The number of halogens is 1. The lowest BCUT2D eigenvalue weighted by molar-refractivity contribution is 0.547. The largest absolute Gasteiger partial charge is 0.285 e. The van der Waals surface area contributed by atoms with Crippen molar-refractivity contribution in [3.63, 3.8) is 0 Å². The predicted octanol–water partition coefficient (Wildman–Crippen LogP) is 1.58. The maximum Gasteiger partial charge on any atom is 0.212 e. The van der Waals surface area contributed by atoms with Crippen LogP contribution in [-0.4, -0.2) is 34.6 Å². The van der Waals surface area contributed by atoms with Crippen molar-refractivity contribution in [3.05, 3.63) is 30.2 Å². The van der Waals surface area contributed by atoms with E-state index < -0.39 is 16.1 Å². The number of hydrogen-bond donors (Lipinski definition) is 1. The van der Waals surface area contributed by atoms with Gasteiger partial charge in [-0.3, -0.25) is 4.40 Å². The first-order valence-corrected chi connectivity index (χ1v) is 8.47. The fourth-order valence-electron chi connectivity index (χ4n) is 1.94. The summed E-state index contributed by atoms with van der Waals surface area (Å²) in [7, 11) is -3.40. The van der Waals surface area contributed by atoms with Gasteiger partial charge in [0.2, 0.25) is 10.0 Å². The van der Waals surface area contributed by atoms with Crippen molar-refractivity contribution >= 4 is 27.3 Å². The van der Waals surface area contributed by atoms with Crippen molar-refractivity contribution in [2.75, 3.05) is 11.6 Å². The van der Waals surface area contributed by atoms with E-state index in [0.717, 1.165) is 0 Å². The monoisotopic (exact) mass is 316 g/mol. The summed E-state index contributed by atoms with van der Waals surface area (Å²) in [5.41, 5.74) is 0.683. The molecule has 0 spiro atoms. The number of rotatable bonds is 6. The highest BCUT2D eigenvalue weighted by atomic mass is 35.5. The summed E-state index contributed by atoms with van der Waals surface area (Å²) >= 11 is 5.65. The van der Waals surface area contributed by atoms with Crippen LogP contribution in [0, 0.1) is 5.92 Å². The normalized spacial score (nSPS) is 15.3. The smallest absolute Gasteiger partial charge is 0.212 e. The molecule has 0 aromatic carbocycles. The van der Waals surface area contributed by atoms with E-state index in [1.54, 1.807) is 24.4 Å². The highest BCUT2D eigenvalue weighted by Gasteiger charge is 2.21. The van der Waals surface area contributed by atoms with Gasteiger partial charge >= 0.3 is 0 Å². The zero-order chi connectivity index (χ0) is 14.8. The van der Waals surface area contributed by atoms with Crippen molar-refractivity contribution in [1.82, 2.24) is 19.3 Å². The van der Waals surface area contributed by atoms with E-state index in [4.69, 9.17) is 11.6 Å². The van der Waals surface area contributed by atoms with Crippen molar-refractivity contribution in [2.24, 2.45) is 5.92 Å². The molecule has 20 heavy (non-hydrogen) atoms. The number of pyridine rings is 1. The first kappa shape index (κ1) is 15.2. The number of aromatic nitrogens is 3. The van der Waals surface area contributed by atoms with Crippen LogP contribution in [0.4, 0.5) is 0 Å². The lowest BCUT2D eigenvalue weighted by Gasteiger charge is -2.14. The number of sulfonamides is 1.